The van der Waals surface area contributed by atoms with E-state index in [1.165, 1.54) is 11.6 Å². The molecule has 0 N–H and O–H groups in total. The number of rotatable bonds is 8. The second kappa shape index (κ2) is 9.94. The van der Waals surface area contributed by atoms with E-state index in [0.717, 1.165) is 24.2 Å². The van der Waals surface area contributed by atoms with Gasteiger partial charge >= 0.3 is 5.97 Å². The van der Waals surface area contributed by atoms with Crippen molar-refractivity contribution < 1.29 is 14.3 Å². The highest BCUT2D eigenvalue weighted by atomic mass is 16.5. The first-order valence-electron chi connectivity index (χ1n) is 8.28. The maximum absolute atomic E-state index is 11.6. The average Bonchev–Trinajstić information content (AvgIpc) is 2.65. The van der Waals surface area contributed by atoms with Crippen molar-refractivity contribution in [3.05, 3.63) is 71.3 Å². The van der Waals surface area contributed by atoms with E-state index in [4.69, 9.17) is 14.7 Å². The van der Waals surface area contributed by atoms with Crippen LogP contribution in [-0.2, 0) is 16.0 Å². The molecule has 25 heavy (non-hydrogen) atoms. The number of carbonyl (C=O) groups excluding carboxylic acids is 1. The van der Waals surface area contributed by atoms with E-state index in [9.17, 15) is 4.79 Å². The van der Waals surface area contributed by atoms with Crippen molar-refractivity contribution in [2.75, 3.05) is 13.2 Å². The minimum Gasteiger partial charge on any atom is -0.494 e. The summed E-state index contributed by atoms with van der Waals surface area (Å²) in [6.45, 7) is 2.58. The van der Waals surface area contributed by atoms with E-state index >= 15 is 0 Å². The second-order valence-electron chi connectivity index (χ2n) is 5.40. The van der Waals surface area contributed by atoms with Crippen LogP contribution in [0.5, 0.6) is 5.75 Å². The largest absolute Gasteiger partial charge is 0.494 e. The zero-order valence-corrected chi connectivity index (χ0v) is 14.3. The Morgan fingerprint density at radius 2 is 1.84 bits per heavy atom. The average molecular weight is 335 g/mol. The van der Waals surface area contributed by atoms with Crippen LogP contribution in [0.15, 0.2) is 60.2 Å². The van der Waals surface area contributed by atoms with Crippen molar-refractivity contribution in [1.29, 1.82) is 5.26 Å². The predicted molar refractivity (Wildman–Crippen MR) is 96.9 cm³/mol. The molecule has 0 aliphatic rings. The third-order valence-corrected chi connectivity index (χ3v) is 3.53. The van der Waals surface area contributed by atoms with Gasteiger partial charge in [-0.3, -0.25) is 0 Å². The first-order chi connectivity index (χ1) is 12.2. The predicted octanol–water partition coefficient (Wildman–Crippen LogP) is 4.17. The van der Waals surface area contributed by atoms with E-state index in [0.29, 0.717) is 6.61 Å². The first kappa shape index (κ1) is 18.3. The Morgan fingerprint density at radius 1 is 1.12 bits per heavy atom. The number of aryl methyl sites for hydroxylation is 1. The Bertz CT molecular complexity index is 743. The molecule has 0 spiro atoms. The summed E-state index contributed by atoms with van der Waals surface area (Å²) in [4.78, 5) is 11.6. The van der Waals surface area contributed by atoms with Crippen molar-refractivity contribution in [2.24, 2.45) is 0 Å². The Balaban J connectivity index is 1.85. The molecule has 0 unspecified atom stereocenters. The third kappa shape index (κ3) is 6.15. The smallest absolute Gasteiger partial charge is 0.348 e. The molecule has 0 radical (unpaired) electrons. The molecule has 0 aliphatic heterocycles. The van der Waals surface area contributed by atoms with Gasteiger partial charge in [-0.15, -0.1) is 0 Å². The molecule has 0 bridgehead atoms. The summed E-state index contributed by atoms with van der Waals surface area (Å²) in [6, 6.07) is 19.4. The monoisotopic (exact) mass is 335 g/mol. The molecule has 2 aromatic rings. The number of nitrogens with zero attached hydrogens (tertiary/aromatic N) is 1. The molecular weight excluding hydrogens is 314 g/mol. The van der Waals surface area contributed by atoms with Crippen LogP contribution >= 0.6 is 0 Å². The molecule has 0 heterocycles. The zero-order valence-electron chi connectivity index (χ0n) is 14.3. The van der Waals surface area contributed by atoms with Gasteiger partial charge in [-0.05, 0) is 49.1 Å². The molecule has 2 aromatic carbocycles. The molecule has 4 heteroatoms. The summed E-state index contributed by atoms with van der Waals surface area (Å²) < 4.78 is 10.6. The van der Waals surface area contributed by atoms with Gasteiger partial charge in [-0.2, -0.15) is 5.26 Å². The van der Waals surface area contributed by atoms with Gasteiger partial charge in [0.05, 0.1) is 13.2 Å². The van der Waals surface area contributed by atoms with Crippen molar-refractivity contribution in [3.63, 3.8) is 0 Å². The van der Waals surface area contributed by atoms with Gasteiger partial charge in [-0.1, -0.05) is 42.5 Å². The van der Waals surface area contributed by atoms with Crippen LogP contribution in [0, 0.1) is 11.3 Å². The van der Waals surface area contributed by atoms with Gasteiger partial charge in [0.15, 0.2) is 0 Å². The minimum atomic E-state index is -0.605. The topological polar surface area (TPSA) is 59.3 Å². The quantitative estimate of drug-likeness (QED) is 0.314. The molecule has 0 aliphatic carbocycles. The Labute approximate surface area is 148 Å². The highest BCUT2D eigenvalue weighted by Crippen LogP contribution is 2.15. The SMILES string of the molecule is CCOC(=O)C(C#N)=Cc1ccc(OCCCc2ccccc2)cc1. The minimum absolute atomic E-state index is 0.0154. The normalized spacial score (nSPS) is 10.8. The lowest BCUT2D eigenvalue weighted by Gasteiger charge is -2.07. The highest BCUT2D eigenvalue weighted by Gasteiger charge is 2.09. The van der Waals surface area contributed by atoms with Crippen molar-refractivity contribution in [2.45, 2.75) is 19.8 Å². The Hall–Kier alpha value is -3.06. The lowest BCUT2D eigenvalue weighted by molar-refractivity contribution is -0.137. The molecule has 0 fully saturated rings. The van der Waals surface area contributed by atoms with Crippen molar-refractivity contribution >= 4 is 12.0 Å². The van der Waals surface area contributed by atoms with Gasteiger partial charge in [0.1, 0.15) is 17.4 Å². The summed E-state index contributed by atoms with van der Waals surface area (Å²) in [6.07, 6.45) is 3.43. The van der Waals surface area contributed by atoms with E-state index in [-0.39, 0.29) is 12.2 Å². The Morgan fingerprint density at radius 3 is 2.48 bits per heavy atom. The van der Waals surface area contributed by atoms with Gasteiger partial charge in [0, 0.05) is 0 Å². The molecule has 128 valence electrons. The molecule has 0 atom stereocenters. The fraction of sp³-hybridized carbons (Fsp3) is 0.238. The van der Waals surface area contributed by atoms with Crippen LogP contribution in [-0.4, -0.2) is 19.2 Å². The van der Waals surface area contributed by atoms with E-state index < -0.39 is 5.97 Å². The van der Waals surface area contributed by atoms with Crippen LogP contribution in [0.25, 0.3) is 6.08 Å². The van der Waals surface area contributed by atoms with E-state index in [1.54, 1.807) is 6.92 Å². The summed E-state index contributed by atoms with van der Waals surface area (Å²) in [5.74, 6) is 0.158. The lowest BCUT2D eigenvalue weighted by atomic mass is 10.1. The van der Waals surface area contributed by atoms with Crippen LogP contribution in [0.4, 0.5) is 0 Å². The molecule has 0 aromatic heterocycles. The standard InChI is InChI=1S/C21H21NO3/c1-2-24-21(23)19(16-22)15-18-10-12-20(13-11-18)25-14-6-9-17-7-4-3-5-8-17/h3-5,7-8,10-13,15H,2,6,9,14H2,1H3. The van der Waals surface area contributed by atoms with Gasteiger partial charge in [-0.25, -0.2) is 4.79 Å². The molecule has 0 amide bonds. The number of ether oxygens (including phenoxy) is 2. The molecule has 2 rings (SSSR count). The summed E-state index contributed by atoms with van der Waals surface area (Å²) >= 11 is 0. The summed E-state index contributed by atoms with van der Waals surface area (Å²) in [7, 11) is 0. The maximum atomic E-state index is 11.6. The summed E-state index contributed by atoms with van der Waals surface area (Å²) in [5.41, 5.74) is 2.04. The molecule has 0 saturated carbocycles. The number of carbonyl (C=O) groups is 1. The number of benzene rings is 2. The maximum Gasteiger partial charge on any atom is 0.348 e. The fourth-order valence-corrected chi connectivity index (χ4v) is 2.28. The van der Waals surface area contributed by atoms with Gasteiger partial charge < -0.3 is 9.47 Å². The molecule has 4 nitrogen and oxygen atoms in total. The van der Waals surface area contributed by atoms with E-state index in [2.05, 4.69) is 12.1 Å². The van der Waals surface area contributed by atoms with E-state index in [1.807, 2.05) is 48.5 Å². The fourth-order valence-electron chi connectivity index (χ4n) is 2.28. The summed E-state index contributed by atoms with van der Waals surface area (Å²) in [5, 5.41) is 9.03. The van der Waals surface area contributed by atoms with Crippen LogP contribution in [0.1, 0.15) is 24.5 Å². The molecule has 0 saturated heterocycles. The van der Waals surface area contributed by atoms with Crippen molar-refractivity contribution in [3.8, 4) is 11.8 Å². The van der Waals surface area contributed by atoms with Crippen LogP contribution in [0.3, 0.4) is 0 Å². The van der Waals surface area contributed by atoms with Crippen molar-refractivity contribution in [1.82, 2.24) is 0 Å². The van der Waals surface area contributed by atoms with Crippen LogP contribution < -0.4 is 4.74 Å². The number of hydrogen-bond acceptors (Lipinski definition) is 4. The Kier molecular flexibility index (Phi) is 7.27. The van der Waals surface area contributed by atoms with Gasteiger partial charge in [0.2, 0.25) is 0 Å². The third-order valence-electron chi connectivity index (χ3n) is 3.53. The highest BCUT2D eigenvalue weighted by molar-refractivity contribution is 5.97. The number of hydrogen-bond donors (Lipinski definition) is 0. The lowest BCUT2D eigenvalue weighted by Crippen LogP contribution is -2.05. The number of esters is 1. The van der Waals surface area contributed by atoms with Crippen LogP contribution in [0.2, 0.25) is 0 Å². The first-order valence-corrected chi connectivity index (χ1v) is 8.28. The van der Waals surface area contributed by atoms with Gasteiger partial charge in [0.25, 0.3) is 0 Å². The molecular formula is C21H21NO3. The zero-order chi connectivity index (χ0) is 17.9. The number of nitriles is 1. The second-order valence-corrected chi connectivity index (χ2v) is 5.40.